The number of quaternary nitrogens is 1. The number of nitrogens with zero attached hydrogens (tertiary/aromatic N) is 1. The number of likely N-dealkylation sites (N-methyl/N-ethyl adjacent to an activating group) is 1. The average Bonchev–Trinajstić information content (AvgIpc) is 2.09. The molecule has 0 fully saturated rings. The molecule has 0 heterocycles. The molecule has 0 amide bonds. The number of carboxylic acid groups (broad SMARTS) is 3. The van der Waals surface area contributed by atoms with Crippen molar-refractivity contribution in [2.75, 3.05) is 21.1 Å². The van der Waals surface area contributed by atoms with Crippen molar-refractivity contribution < 1.29 is 34.2 Å². The standard InChI is InChI=1S/C10H15NO6/c1-6(7(12)13)5-10(8(14)15,9(16)17)11(2,3)4/h5H,1-4H3,(H2-,12,13,14,15,16,17). The van der Waals surface area contributed by atoms with Crippen molar-refractivity contribution >= 4 is 17.9 Å². The van der Waals surface area contributed by atoms with Gasteiger partial charge < -0.3 is 24.6 Å². The van der Waals surface area contributed by atoms with Gasteiger partial charge in [-0.25, -0.2) is 9.59 Å². The summed E-state index contributed by atoms with van der Waals surface area (Å²) in [6.45, 7) is 1.09. The Balaban J connectivity index is 6.04. The van der Waals surface area contributed by atoms with Gasteiger partial charge in [0, 0.05) is 6.08 Å². The van der Waals surface area contributed by atoms with Gasteiger partial charge in [0.15, 0.2) is 0 Å². The first kappa shape index (κ1) is 15.1. The maximum atomic E-state index is 11.2. The SMILES string of the molecule is CC(=CC(C(=O)O)(C(=O)O)[N+](C)(C)C)C(=O)[O-]. The van der Waals surface area contributed by atoms with E-state index < -0.39 is 33.5 Å². The summed E-state index contributed by atoms with van der Waals surface area (Å²) in [5, 5.41) is 28.8. The summed E-state index contributed by atoms with van der Waals surface area (Å²) in [5.41, 5.74) is -2.81. The van der Waals surface area contributed by atoms with Crippen LogP contribution in [-0.2, 0) is 14.4 Å². The van der Waals surface area contributed by atoms with E-state index >= 15 is 0 Å². The van der Waals surface area contributed by atoms with Crippen molar-refractivity contribution in [1.29, 1.82) is 0 Å². The van der Waals surface area contributed by atoms with E-state index in [2.05, 4.69) is 0 Å². The fourth-order valence-electron chi connectivity index (χ4n) is 1.35. The molecule has 0 aliphatic rings. The highest BCUT2D eigenvalue weighted by Gasteiger charge is 2.56. The van der Waals surface area contributed by atoms with Crippen LogP contribution in [0, 0.1) is 0 Å². The maximum Gasteiger partial charge on any atom is 0.382 e. The van der Waals surface area contributed by atoms with E-state index in [1.54, 1.807) is 0 Å². The van der Waals surface area contributed by atoms with Gasteiger partial charge in [-0.15, -0.1) is 0 Å². The van der Waals surface area contributed by atoms with E-state index in [0.29, 0.717) is 6.08 Å². The molecule has 17 heavy (non-hydrogen) atoms. The Labute approximate surface area is 98.2 Å². The molecule has 7 nitrogen and oxygen atoms in total. The highest BCUT2D eigenvalue weighted by atomic mass is 16.4. The number of hydrogen-bond donors (Lipinski definition) is 2. The molecule has 2 N–H and O–H groups in total. The quantitative estimate of drug-likeness (QED) is 0.339. The zero-order chi connectivity index (χ0) is 14.0. The lowest BCUT2D eigenvalue weighted by Crippen LogP contribution is -2.65. The zero-order valence-electron chi connectivity index (χ0n) is 10.1. The van der Waals surface area contributed by atoms with Gasteiger partial charge in [0.1, 0.15) is 0 Å². The minimum absolute atomic E-state index is 0.442. The lowest BCUT2D eigenvalue weighted by atomic mass is 9.93. The van der Waals surface area contributed by atoms with Gasteiger partial charge in [0.05, 0.1) is 27.1 Å². The van der Waals surface area contributed by atoms with Gasteiger partial charge in [-0.1, -0.05) is 0 Å². The molecule has 0 saturated carbocycles. The molecule has 0 aliphatic heterocycles. The van der Waals surface area contributed by atoms with Gasteiger partial charge in [-0.05, 0) is 12.5 Å². The third-order valence-electron chi connectivity index (χ3n) is 2.46. The maximum absolute atomic E-state index is 11.2. The third kappa shape index (κ3) is 2.62. The van der Waals surface area contributed by atoms with Crippen molar-refractivity contribution in [2.45, 2.75) is 12.5 Å². The molecule has 0 radical (unpaired) electrons. The molecule has 0 unspecified atom stereocenters. The summed E-state index contributed by atoms with van der Waals surface area (Å²) < 4.78 is -0.498. The fraction of sp³-hybridized carbons (Fsp3) is 0.500. The topological polar surface area (TPSA) is 115 Å². The summed E-state index contributed by atoms with van der Waals surface area (Å²) in [6.07, 6.45) is 0.688. The van der Waals surface area contributed by atoms with Gasteiger partial charge in [0.2, 0.25) is 0 Å². The second-order valence-corrected chi connectivity index (χ2v) is 4.50. The lowest BCUT2D eigenvalue weighted by Gasteiger charge is -2.37. The molecular weight excluding hydrogens is 230 g/mol. The minimum atomic E-state index is -2.37. The largest absolute Gasteiger partial charge is 0.545 e. The van der Waals surface area contributed by atoms with Crippen LogP contribution in [-0.4, -0.2) is 59.3 Å². The van der Waals surface area contributed by atoms with Crippen LogP contribution in [0.3, 0.4) is 0 Å². The summed E-state index contributed by atoms with van der Waals surface area (Å²) in [6, 6.07) is 0. The van der Waals surface area contributed by atoms with Crippen LogP contribution < -0.4 is 5.11 Å². The molecule has 0 spiro atoms. The van der Waals surface area contributed by atoms with E-state index in [1.807, 2.05) is 0 Å². The number of carbonyl (C=O) groups is 3. The molecule has 0 aromatic rings. The van der Waals surface area contributed by atoms with Crippen LogP contribution in [0.4, 0.5) is 0 Å². The monoisotopic (exact) mass is 245 g/mol. The van der Waals surface area contributed by atoms with Crippen LogP contribution in [0.15, 0.2) is 11.6 Å². The molecule has 0 bridgehead atoms. The van der Waals surface area contributed by atoms with Crippen molar-refractivity contribution in [3.63, 3.8) is 0 Å². The van der Waals surface area contributed by atoms with Crippen LogP contribution in [0.5, 0.6) is 0 Å². The van der Waals surface area contributed by atoms with Gasteiger partial charge >= 0.3 is 17.5 Å². The predicted molar refractivity (Wildman–Crippen MR) is 54.8 cm³/mol. The molecular formula is C10H15NO6. The Morgan fingerprint density at radius 3 is 1.65 bits per heavy atom. The normalized spacial score (nSPS) is 13.3. The summed E-state index contributed by atoms with van der Waals surface area (Å²) >= 11 is 0. The van der Waals surface area contributed by atoms with Crippen molar-refractivity contribution in [3.8, 4) is 0 Å². The molecule has 96 valence electrons. The molecule has 7 heteroatoms. The highest BCUT2D eigenvalue weighted by Crippen LogP contribution is 2.23. The Bertz CT molecular complexity index is 376. The van der Waals surface area contributed by atoms with Crippen LogP contribution in [0.25, 0.3) is 0 Å². The van der Waals surface area contributed by atoms with Gasteiger partial charge in [0.25, 0.3) is 0 Å². The Kier molecular flexibility index (Phi) is 4.04. The first-order valence-electron chi connectivity index (χ1n) is 4.66. The lowest BCUT2D eigenvalue weighted by molar-refractivity contribution is -0.897. The van der Waals surface area contributed by atoms with Crippen LogP contribution in [0.1, 0.15) is 6.92 Å². The number of hydrogen-bond acceptors (Lipinski definition) is 4. The van der Waals surface area contributed by atoms with Crippen LogP contribution >= 0.6 is 0 Å². The van der Waals surface area contributed by atoms with E-state index in [-0.39, 0.29) is 0 Å². The Hall–Kier alpha value is -1.89. The van der Waals surface area contributed by atoms with Crippen molar-refractivity contribution in [1.82, 2.24) is 0 Å². The molecule has 0 aromatic heterocycles. The molecule has 0 rings (SSSR count). The Morgan fingerprint density at radius 1 is 1.12 bits per heavy atom. The van der Waals surface area contributed by atoms with Crippen molar-refractivity contribution in [3.05, 3.63) is 11.6 Å². The van der Waals surface area contributed by atoms with Crippen LogP contribution in [0.2, 0.25) is 0 Å². The molecule has 0 aliphatic carbocycles. The Morgan fingerprint density at radius 2 is 1.47 bits per heavy atom. The average molecular weight is 245 g/mol. The van der Waals surface area contributed by atoms with E-state index in [4.69, 9.17) is 10.2 Å². The zero-order valence-corrected chi connectivity index (χ0v) is 10.1. The molecule has 0 aromatic carbocycles. The minimum Gasteiger partial charge on any atom is -0.545 e. The van der Waals surface area contributed by atoms with E-state index in [9.17, 15) is 19.5 Å². The summed E-state index contributed by atoms with van der Waals surface area (Å²) in [5.74, 6) is -4.89. The summed E-state index contributed by atoms with van der Waals surface area (Å²) in [4.78, 5) is 33.0. The summed E-state index contributed by atoms with van der Waals surface area (Å²) in [7, 11) is 4.05. The first-order valence-corrected chi connectivity index (χ1v) is 4.66. The number of carboxylic acids is 3. The molecule has 0 atom stereocenters. The fourth-order valence-corrected chi connectivity index (χ4v) is 1.35. The first-order chi connectivity index (χ1) is 7.46. The predicted octanol–water partition coefficient (Wildman–Crippen LogP) is -1.70. The second kappa shape index (κ2) is 4.54. The number of carbonyl (C=O) groups excluding carboxylic acids is 1. The number of aliphatic carboxylic acids is 3. The van der Waals surface area contributed by atoms with Gasteiger partial charge in [-0.3, -0.25) is 0 Å². The smallest absolute Gasteiger partial charge is 0.382 e. The van der Waals surface area contributed by atoms with E-state index in [1.165, 1.54) is 21.1 Å². The molecule has 0 saturated heterocycles. The highest BCUT2D eigenvalue weighted by molar-refractivity contribution is 6.05. The second-order valence-electron chi connectivity index (χ2n) is 4.50. The van der Waals surface area contributed by atoms with E-state index in [0.717, 1.165) is 6.92 Å². The number of rotatable bonds is 5. The van der Waals surface area contributed by atoms with Gasteiger partial charge in [-0.2, -0.15) is 0 Å². The van der Waals surface area contributed by atoms with Crippen molar-refractivity contribution in [2.24, 2.45) is 0 Å². The third-order valence-corrected chi connectivity index (χ3v) is 2.46.